The Morgan fingerprint density at radius 3 is 2.55 bits per heavy atom. The van der Waals surface area contributed by atoms with Gasteiger partial charge in [0.15, 0.2) is 0 Å². The molecule has 1 aliphatic heterocycles. The highest BCUT2D eigenvalue weighted by Gasteiger charge is 2.30. The summed E-state index contributed by atoms with van der Waals surface area (Å²) in [5, 5.41) is 12.7. The maximum absolute atomic E-state index is 12.6. The summed E-state index contributed by atoms with van der Waals surface area (Å²) in [6.45, 7) is 3.62. The Bertz CT molecular complexity index is 853. The van der Waals surface area contributed by atoms with Crippen LogP contribution < -0.4 is 10.1 Å². The van der Waals surface area contributed by atoms with E-state index in [1.165, 1.54) is 12.1 Å². The number of benzene rings is 2. The fraction of sp³-hybridized carbons (Fsp3) is 0.409. The van der Waals surface area contributed by atoms with Gasteiger partial charge in [-0.1, -0.05) is 12.1 Å². The molecule has 0 aliphatic carbocycles. The van der Waals surface area contributed by atoms with Gasteiger partial charge in [-0.05, 0) is 42.0 Å². The second-order valence-electron chi connectivity index (χ2n) is 7.29. The summed E-state index contributed by atoms with van der Waals surface area (Å²) < 4.78 is 48.3. The molecule has 6 nitrogen and oxygen atoms in total. The van der Waals surface area contributed by atoms with Crippen LogP contribution in [0, 0.1) is 0 Å². The number of hydrogen-bond donors (Lipinski definition) is 2. The molecular formula is C22H25F3N2O4. The number of hydrogen-bond acceptors (Lipinski definition) is 5. The molecule has 2 N–H and O–H groups in total. The molecule has 168 valence electrons. The first kappa shape index (κ1) is 23.1. The van der Waals surface area contributed by atoms with Crippen molar-refractivity contribution < 1.29 is 32.5 Å². The van der Waals surface area contributed by atoms with E-state index in [0.717, 1.165) is 37.3 Å². The summed E-state index contributed by atoms with van der Waals surface area (Å²) >= 11 is 0. The zero-order valence-corrected chi connectivity index (χ0v) is 16.9. The number of morpholine rings is 1. The van der Waals surface area contributed by atoms with Gasteiger partial charge in [0.25, 0.3) is 5.91 Å². The van der Waals surface area contributed by atoms with Crippen LogP contribution in [0.1, 0.15) is 21.5 Å². The van der Waals surface area contributed by atoms with E-state index in [-0.39, 0.29) is 24.8 Å². The van der Waals surface area contributed by atoms with Gasteiger partial charge in [0.2, 0.25) is 0 Å². The number of nitrogens with zero attached hydrogens (tertiary/aromatic N) is 1. The molecule has 2 aromatic rings. The third-order valence-electron chi connectivity index (χ3n) is 4.82. The smallest absolute Gasteiger partial charge is 0.416 e. The minimum Gasteiger partial charge on any atom is -0.491 e. The molecule has 0 spiro atoms. The molecule has 1 heterocycles. The van der Waals surface area contributed by atoms with Crippen LogP contribution in [0.5, 0.6) is 5.75 Å². The lowest BCUT2D eigenvalue weighted by molar-refractivity contribution is -0.137. The molecule has 2 aromatic carbocycles. The second kappa shape index (κ2) is 10.6. The zero-order valence-electron chi connectivity index (χ0n) is 16.9. The van der Waals surface area contributed by atoms with Gasteiger partial charge >= 0.3 is 6.18 Å². The molecule has 31 heavy (non-hydrogen) atoms. The lowest BCUT2D eigenvalue weighted by Gasteiger charge is -2.26. The first-order valence-electron chi connectivity index (χ1n) is 9.96. The fourth-order valence-corrected chi connectivity index (χ4v) is 3.13. The standard InChI is InChI=1S/C22H25F3N2O4/c23-22(24,25)18-4-6-20(7-5-18)31-15-19(28)13-26-21(29)17-3-1-2-16(12-17)14-27-8-10-30-11-9-27/h1-7,12,19,28H,8-11,13-15H2,(H,26,29). The number of carbonyl (C=O) groups excluding carboxylic acids is 1. The molecule has 1 fully saturated rings. The molecule has 0 aromatic heterocycles. The van der Waals surface area contributed by atoms with Crippen LogP contribution in [0.15, 0.2) is 48.5 Å². The monoisotopic (exact) mass is 438 g/mol. The normalized spacial score (nSPS) is 16.0. The van der Waals surface area contributed by atoms with Crippen molar-refractivity contribution in [2.24, 2.45) is 0 Å². The first-order chi connectivity index (χ1) is 14.8. The van der Waals surface area contributed by atoms with E-state index in [9.17, 15) is 23.1 Å². The number of amides is 1. The van der Waals surface area contributed by atoms with Crippen LogP contribution in [0.3, 0.4) is 0 Å². The molecule has 1 aliphatic rings. The van der Waals surface area contributed by atoms with Gasteiger partial charge in [0.05, 0.1) is 18.8 Å². The van der Waals surface area contributed by atoms with E-state index in [1.54, 1.807) is 6.07 Å². The summed E-state index contributed by atoms with van der Waals surface area (Å²) in [5.41, 5.74) is 0.728. The fourth-order valence-electron chi connectivity index (χ4n) is 3.13. The number of ether oxygens (including phenoxy) is 2. The van der Waals surface area contributed by atoms with Crippen molar-refractivity contribution in [3.8, 4) is 5.75 Å². The van der Waals surface area contributed by atoms with E-state index in [1.807, 2.05) is 18.2 Å². The van der Waals surface area contributed by atoms with E-state index in [0.29, 0.717) is 18.8 Å². The van der Waals surface area contributed by atoms with Crippen molar-refractivity contribution in [3.63, 3.8) is 0 Å². The highest BCUT2D eigenvalue weighted by Crippen LogP contribution is 2.30. The van der Waals surface area contributed by atoms with Gasteiger partial charge in [0.1, 0.15) is 18.5 Å². The second-order valence-corrected chi connectivity index (χ2v) is 7.29. The Labute approximate surface area is 178 Å². The Kier molecular flexibility index (Phi) is 7.89. The minimum atomic E-state index is -4.41. The number of aliphatic hydroxyl groups excluding tert-OH is 1. The van der Waals surface area contributed by atoms with Gasteiger partial charge in [-0.25, -0.2) is 0 Å². The summed E-state index contributed by atoms with van der Waals surface area (Å²) in [5.74, 6) is -0.119. The number of carbonyl (C=O) groups is 1. The zero-order chi connectivity index (χ0) is 22.3. The Morgan fingerprint density at radius 1 is 1.16 bits per heavy atom. The molecule has 1 amide bonds. The van der Waals surface area contributed by atoms with E-state index in [4.69, 9.17) is 9.47 Å². The van der Waals surface area contributed by atoms with Crippen LogP contribution in [0.4, 0.5) is 13.2 Å². The first-order valence-corrected chi connectivity index (χ1v) is 9.96. The molecule has 1 unspecified atom stereocenters. The maximum Gasteiger partial charge on any atom is 0.416 e. The van der Waals surface area contributed by atoms with Crippen molar-refractivity contribution >= 4 is 5.91 Å². The topological polar surface area (TPSA) is 71.0 Å². The predicted octanol–water partition coefficient (Wildman–Crippen LogP) is 2.71. The minimum absolute atomic E-state index is 0.0485. The van der Waals surface area contributed by atoms with E-state index in [2.05, 4.69) is 10.2 Å². The Balaban J connectivity index is 1.44. The van der Waals surface area contributed by atoms with Crippen LogP contribution in [0.2, 0.25) is 0 Å². The van der Waals surface area contributed by atoms with Crippen molar-refractivity contribution in [3.05, 3.63) is 65.2 Å². The molecule has 0 saturated carbocycles. The average molecular weight is 438 g/mol. The molecule has 0 radical (unpaired) electrons. The molecular weight excluding hydrogens is 413 g/mol. The summed E-state index contributed by atoms with van der Waals surface area (Å²) in [6, 6.07) is 11.5. The largest absolute Gasteiger partial charge is 0.491 e. The van der Waals surface area contributed by atoms with Crippen LogP contribution in [-0.2, 0) is 17.5 Å². The van der Waals surface area contributed by atoms with Gasteiger partial charge in [0, 0.05) is 31.7 Å². The molecule has 3 rings (SSSR count). The average Bonchev–Trinajstić information content (AvgIpc) is 2.76. The molecule has 1 saturated heterocycles. The van der Waals surface area contributed by atoms with Crippen molar-refractivity contribution in [2.75, 3.05) is 39.5 Å². The molecule has 9 heteroatoms. The van der Waals surface area contributed by atoms with E-state index >= 15 is 0 Å². The summed E-state index contributed by atoms with van der Waals surface area (Å²) in [7, 11) is 0. The highest BCUT2D eigenvalue weighted by molar-refractivity contribution is 5.94. The van der Waals surface area contributed by atoms with Crippen LogP contribution in [-0.4, -0.2) is 61.5 Å². The summed E-state index contributed by atoms with van der Waals surface area (Å²) in [4.78, 5) is 14.6. The molecule has 0 bridgehead atoms. The number of nitrogens with one attached hydrogen (secondary N) is 1. The van der Waals surface area contributed by atoms with Crippen LogP contribution in [0.25, 0.3) is 0 Å². The summed E-state index contributed by atoms with van der Waals surface area (Å²) in [6.07, 6.45) is -5.43. The number of halogens is 3. The SMILES string of the molecule is O=C(NCC(O)COc1ccc(C(F)(F)F)cc1)c1cccc(CN2CCOCC2)c1. The van der Waals surface area contributed by atoms with Gasteiger partial charge < -0.3 is 19.9 Å². The lowest BCUT2D eigenvalue weighted by Crippen LogP contribution is -2.36. The predicted molar refractivity (Wildman–Crippen MR) is 108 cm³/mol. The molecule has 1 atom stereocenters. The third-order valence-corrected chi connectivity index (χ3v) is 4.82. The van der Waals surface area contributed by atoms with Crippen LogP contribution >= 0.6 is 0 Å². The van der Waals surface area contributed by atoms with Crippen molar-refractivity contribution in [1.82, 2.24) is 10.2 Å². The Hall–Kier alpha value is -2.62. The van der Waals surface area contributed by atoms with Gasteiger partial charge in [-0.2, -0.15) is 13.2 Å². The highest BCUT2D eigenvalue weighted by atomic mass is 19.4. The Morgan fingerprint density at radius 2 is 1.87 bits per heavy atom. The van der Waals surface area contributed by atoms with Crippen molar-refractivity contribution in [2.45, 2.75) is 18.8 Å². The third kappa shape index (κ3) is 7.23. The van der Waals surface area contributed by atoms with Crippen molar-refractivity contribution in [1.29, 1.82) is 0 Å². The lowest BCUT2D eigenvalue weighted by atomic mass is 10.1. The van der Waals surface area contributed by atoms with E-state index < -0.39 is 17.8 Å². The van der Waals surface area contributed by atoms with Gasteiger partial charge in [-0.3, -0.25) is 9.69 Å². The number of rotatable bonds is 8. The number of alkyl halides is 3. The number of aliphatic hydroxyl groups is 1. The quantitative estimate of drug-likeness (QED) is 0.663. The maximum atomic E-state index is 12.6. The van der Waals surface area contributed by atoms with Gasteiger partial charge in [-0.15, -0.1) is 0 Å².